The Balaban J connectivity index is 2.09. The number of nitrogens with zero attached hydrogens (tertiary/aromatic N) is 2. The van der Waals surface area contributed by atoms with Gasteiger partial charge in [0.05, 0.1) is 18.4 Å². The van der Waals surface area contributed by atoms with Gasteiger partial charge >= 0.3 is 0 Å². The zero-order valence-electron chi connectivity index (χ0n) is 11.4. The Hall–Kier alpha value is -2.21. The SMILES string of the molecule is CCOc1ccc(Br)cc1C(=O)NN=Cc1ccncc1. The molecule has 6 heteroatoms. The molecule has 0 aliphatic carbocycles. The van der Waals surface area contributed by atoms with Crippen molar-refractivity contribution in [2.24, 2.45) is 5.10 Å². The van der Waals surface area contributed by atoms with Gasteiger partial charge in [0, 0.05) is 16.9 Å². The number of carbonyl (C=O) groups is 1. The van der Waals surface area contributed by atoms with Crippen LogP contribution < -0.4 is 10.2 Å². The van der Waals surface area contributed by atoms with Crippen LogP contribution in [-0.4, -0.2) is 23.7 Å². The number of halogens is 1. The molecular formula is C15H14BrN3O2. The van der Waals surface area contributed by atoms with Crippen molar-refractivity contribution in [2.45, 2.75) is 6.92 Å². The fourth-order valence-corrected chi connectivity index (χ4v) is 2.00. The Kier molecular flexibility index (Phi) is 5.45. The molecule has 1 amide bonds. The number of benzene rings is 1. The van der Waals surface area contributed by atoms with Crippen LogP contribution in [0.1, 0.15) is 22.8 Å². The topological polar surface area (TPSA) is 63.6 Å². The Morgan fingerprint density at radius 1 is 1.38 bits per heavy atom. The largest absolute Gasteiger partial charge is 0.493 e. The molecule has 0 aliphatic heterocycles. The van der Waals surface area contributed by atoms with Gasteiger partial charge in [-0.05, 0) is 42.8 Å². The second kappa shape index (κ2) is 7.54. The third-order valence-corrected chi connectivity index (χ3v) is 3.07. The summed E-state index contributed by atoms with van der Waals surface area (Å²) in [7, 11) is 0. The van der Waals surface area contributed by atoms with Crippen LogP contribution in [0, 0.1) is 0 Å². The first kappa shape index (κ1) is 15.2. The first-order chi connectivity index (χ1) is 10.2. The van der Waals surface area contributed by atoms with Crippen LogP contribution in [0.2, 0.25) is 0 Å². The normalized spacial score (nSPS) is 10.6. The van der Waals surface area contributed by atoms with Gasteiger partial charge in [-0.1, -0.05) is 15.9 Å². The molecule has 1 N–H and O–H groups in total. The number of nitrogens with one attached hydrogen (secondary N) is 1. The number of carbonyl (C=O) groups excluding carboxylic acids is 1. The lowest BCUT2D eigenvalue weighted by molar-refractivity contribution is 0.0951. The molecule has 2 aromatic rings. The third-order valence-electron chi connectivity index (χ3n) is 2.57. The molecule has 1 aromatic carbocycles. The van der Waals surface area contributed by atoms with Crippen LogP contribution in [0.25, 0.3) is 0 Å². The van der Waals surface area contributed by atoms with E-state index in [0.717, 1.165) is 10.0 Å². The molecule has 0 saturated carbocycles. The lowest BCUT2D eigenvalue weighted by Crippen LogP contribution is -2.18. The van der Waals surface area contributed by atoms with Gasteiger partial charge in [0.1, 0.15) is 5.75 Å². The average Bonchev–Trinajstić information content (AvgIpc) is 2.50. The molecule has 0 radical (unpaired) electrons. The van der Waals surface area contributed by atoms with Crippen LogP contribution in [0.5, 0.6) is 5.75 Å². The van der Waals surface area contributed by atoms with E-state index in [-0.39, 0.29) is 5.91 Å². The highest BCUT2D eigenvalue weighted by atomic mass is 79.9. The molecule has 0 fully saturated rings. The number of hydrogen-bond donors (Lipinski definition) is 1. The summed E-state index contributed by atoms with van der Waals surface area (Å²) in [5.74, 6) is 0.197. The lowest BCUT2D eigenvalue weighted by atomic mass is 10.2. The number of pyridine rings is 1. The zero-order chi connectivity index (χ0) is 15.1. The number of amides is 1. The maximum Gasteiger partial charge on any atom is 0.275 e. The Morgan fingerprint density at radius 2 is 2.14 bits per heavy atom. The standard InChI is InChI=1S/C15H14BrN3O2/c1-2-21-14-4-3-12(16)9-13(14)15(20)19-18-10-11-5-7-17-8-6-11/h3-10H,2H2,1H3,(H,19,20). The second-order valence-corrected chi connectivity index (χ2v) is 4.97. The van der Waals surface area contributed by atoms with E-state index in [4.69, 9.17) is 4.74 Å². The highest BCUT2D eigenvalue weighted by molar-refractivity contribution is 9.10. The minimum atomic E-state index is -0.329. The molecule has 0 unspecified atom stereocenters. The van der Waals surface area contributed by atoms with Crippen molar-refractivity contribution in [3.63, 3.8) is 0 Å². The van der Waals surface area contributed by atoms with Gasteiger partial charge in [-0.2, -0.15) is 5.10 Å². The minimum Gasteiger partial charge on any atom is -0.493 e. The predicted molar refractivity (Wildman–Crippen MR) is 84.6 cm³/mol. The van der Waals surface area contributed by atoms with Crippen molar-refractivity contribution in [1.82, 2.24) is 10.4 Å². The number of aromatic nitrogens is 1. The first-order valence-corrected chi connectivity index (χ1v) is 7.15. The van der Waals surface area contributed by atoms with E-state index in [2.05, 4.69) is 31.4 Å². The van der Waals surface area contributed by atoms with Crippen molar-refractivity contribution < 1.29 is 9.53 Å². The molecule has 0 aliphatic rings. The molecule has 2 rings (SSSR count). The molecule has 108 valence electrons. The van der Waals surface area contributed by atoms with E-state index >= 15 is 0 Å². The van der Waals surface area contributed by atoms with Crippen molar-refractivity contribution in [3.05, 3.63) is 58.3 Å². The molecule has 0 bridgehead atoms. The number of ether oxygens (including phenoxy) is 1. The van der Waals surface area contributed by atoms with Crippen molar-refractivity contribution in [2.75, 3.05) is 6.61 Å². The molecule has 0 saturated heterocycles. The van der Waals surface area contributed by atoms with Gasteiger partial charge in [-0.15, -0.1) is 0 Å². The van der Waals surface area contributed by atoms with Crippen LogP contribution in [0.4, 0.5) is 0 Å². The van der Waals surface area contributed by atoms with E-state index in [0.29, 0.717) is 17.9 Å². The predicted octanol–water partition coefficient (Wildman–Crippen LogP) is 3.01. The summed E-state index contributed by atoms with van der Waals surface area (Å²) >= 11 is 3.34. The van der Waals surface area contributed by atoms with Gasteiger partial charge in [0.25, 0.3) is 5.91 Å². The first-order valence-electron chi connectivity index (χ1n) is 6.36. The van der Waals surface area contributed by atoms with Crippen LogP contribution in [-0.2, 0) is 0 Å². The maximum atomic E-state index is 12.1. The summed E-state index contributed by atoms with van der Waals surface area (Å²) in [6, 6.07) is 8.85. The summed E-state index contributed by atoms with van der Waals surface area (Å²) in [5.41, 5.74) is 3.76. The van der Waals surface area contributed by atoms with Gasteiger partial charge in [-0.25, -0.2) is 5.43 Å². The highest BCUT2D eigenvalue weighted by Gasteiger charge is 2.12. The maximum absolute atomic E-state index is 12.1. The molecule has 5 nitrogen and oxygen atoms in total. The van der Waals surface area contributed by atoms with Crippen molar-refractivity contribution in [3.8, 4) is 5.75 Å². The van der Waals surface area contributed by atoms with Gasteiger partial charge in [-0.3, -0.25) is 9.78 Å². The third kappa shape index (κ3) is 4.39. The quantitative estimate of drug-likeness (QED) is 0.667. The molecular weight excluding hydrogens is 334 g/mol. The Labute approximate surface area is 131 Å². The number of hydrogen-bond acceptors (Lipinski definition) is 4. The number of rotatable bonds is 5. The van der Waals surface area contributed by atoms with E-state index in [1.165, 1.54) is 0 Å². The van der Waals surface area contributed by atoms with Crippen LogP contribution in [0.15, 0.2) is 52.3 Å². The van der Waals surface area contributed by atoms with Crippen LogP contribution >= 0.6 is 15.9 Å². The van der Waals surface area contributed by atoms with Gasteiger partial charge in [0.15, 0.2) is 0 Å². The zero-order valence-corrected chi connectivity index (χ0v) is 13.0. The summed E-state index contributed by atoms with van der Waals surface area (Å²) in [5, 5.41) is 3.93. The molecule has 0 spiro atoms. The fourth-order valence-electron chi connectivity index (χ4n) is 1.64. The number of hydrazone groups is 1. The van der Waals surface area contributed by atoms with E-state index < -0.39 is 0 Å². The van der Waals surface area contributed by atoms with Gasteiger partial charge in [0.2, 0.25) is 0 Å². The average molecular weight is 348 g/mol. The van der Waals surface area contributed by atoms with E-state index in [1.54, 1.807) is 42.9 Å². The van der Waals surface area contributed by atoms with E-state index in [1.807, 2.05) is 13.0 Å². The van der Waals surface area contributed by atoms with Crippen molar-refractivity contribution >= 4 is 28.1 Å². The Morgan fingerprint density at radius 3 is 2.86 bits per heavy atom. The summed E-state index contributed by atoms with van der Waals surface area (Å²) in [6.45, 7) is 2.35. The Bertz CT molecular complexity index is 645. The monoisotopic (exact) mass is 347 g/mol. The highest BCUT2D eigenvalue weighted by Crippen LogP contribution is 2.23. The fraction of sp³-hybridized carbons (Fsp3) is 0.133. The van der Waals surface area contributed by atoms with Crippen LogP contribution in [0.3, 0.4) is 0 Å². The lowest BCUT2D eigenvalue weighted by Gasteiger charge is -2.09. The molecule has 1 heterocycles. The molecule has 0 atom stereocenters. The second-order valence-electron chi connectivity index (χ2n) is 4.05. The van der Waals surface area contributed by atoms with Crippen molar-refractivity contribution in [1.29, 1.82) is 0 Å². The summed E-state index contributed by atoms with van der Waals surface area (Å²) in [6.07, 6.45) is 4.87. The minimum absolute atomic E-state index is 0.329. The molecule has 1 aromatic heterocycles. The molecule has 21 heavy (non-hydrogen) atoms. The van der Waals surface area contributed by atoms with Gasteiger partial charge < -0.3 is 4.74 Å². The summed E-state index contributed by atoms with van der Waals surface area (Å²) in [4.78, 5) is 16.1. The smallest absolute Gasteiger partial charge is 0.275 e. The summed E-state index contributed by atoms with van der Waals surface area (Å²) < 4.78 is 6.24. The van der Waals surface area contributed by atoms with E-state index in [9.17, 15) is 4.79 Å².